The molecule has 1 saturated heterocycles. The molecule has 1 saturated carbocycles. The molecule has 1 aliphatic carbocycles. The second-order valence-electron chi connectivity index (χ2n) is 5.38. The third kappa shape index (κ3) is 2.39. The van der Waals surface area contributed by atoms with Crippen molar-refractivity contribution in [3.05, 3.63) is 0 Å². The Morgan fingerprint density at radius 1 is 1.39 bits per heavy atom. The van der Waals surface area contributed by atoms with E-state index in [1.54, 1.807) is 4.90 Å². The van der Waals surface area contributed by atoms with Crippen molar-refractivity contribution in [1.82, 2.24) is 4.90 Å². The molecule has 0 unspecified atom stereocenters. The van der Waals surface area contributed by atoms with Gasteiger partial charge in [0.15, 0.2) is 0 Å². The highest BCUT2D eigenvalue weighted by Crippen LogP contribution is 2.59. The van der Waals surface area contributed by atoms with E-state index < -0.39 is 30.7 Å². The van der Waals surface area contributed by atoms with E-state index in [1.807, 2.05) is 0 Å². The summed E-state index contributed by atoms with van der Waals surface area (Å²) in [6.45, 7) is 0.645. The zero-order chi connectivity index (χ0) is 13.6. The van der Waals surface area contributed by atoms with Crippen LogP contribution >= 0.6 is 0 Å². The Kier molecular flexibility index (Phi) is 3.66. The lowest BCUT2D eigenvalue weighted by Gasteiger charge is -2.32. The highest BCUT2D eigenvalue weighted by Gasteiger charge is 2.66. The summed E-state index contributed by atoms with van der Waals surface area (Å²) in [5.74, 6) is -0.486. The van der Waals surface area contributed by atoms with Gasteiger partial charge in [0.25, 0.3) is 0 Å². The van der Waals surface area contributed by atoms with Crippen LogP contribution in [0.4, 0.5) is 13.2 Å². The molecule has 0 aromatic heterocycles. The van der Waals surface area contributed by atoms with Crippen LogP contribution in [0.15, 0.2) is 0 Å². The van der Waals surface area contributed by atoms with Gasteiger partial charge in [0.05, 0.1) is 5.41 Å². The summed E-state index contributed by atoms with van der Waals surface area (Å²) in [7, 11) is -1.51. The summed E-state index contributed by atoms with van der Waals surface area (Å²) in [4.78, 5) is 1.67. The lowest BCUT2D eigenvalue weighted by molar-refractivity contribution is -0.194. The van der Waals surface area contributed by atoms with E-state index in [0.29, 0.717) is 13.0 Å². The van der Waals surface area contributed by atoms with Gasteiger partial charge in [0, 0.05) is 18.5 Å². The average molecular weight is 266 g/mol. The summed E-state index contributed by atoms with van der Waals surface area (Å²) in [6, 6.07) is -0.989. The molecular formula is C10H18BF3N2O2. The summed E-state index contributed by atoms with van der Waals surface area (Å²) in [5.41, 5.74) is 3.97. The Balaban J connectivity index is 1.98. The molecule has 104 valence electrons. The van der Waals surface area contributed by atoms with E-state index >= 15 is 0 Å². The Morgan fingerprint density at radius 3 is 2.44 bits per heavy atom. The van der Waals surface area contributed by atoms with Crippen LogP contribution in [0, 0.1) is 5.41 Å². The second kappa shape index (κ2) is 4.66. The molecule has 4 nitrogen and oxygen atoms in total. The highest BCUT2D eigenvalue weighted by atomic mass is 19.4. The minimum absolute atomic E-state index is 0.0712. The summed E-state index contributed by atoms with van der Waals surface area (Å²) in [5, 5.41) is 18.3. The third-order valence-electron chi connectivity index (χ3n) is 4.25. The first-order valence-electron chi connectivity index (χ1n) is 6.20. The summed E-state index contributed by atoms with van der Waals surface area (Å²) < 4.78 is 38.6. The molecule has 0 bridgehead atoms. The van der Waals surface area contributed by atoms with Gasteiger partial charge in [-0.15, -0.1) is 0 Å². The van der Waals surface area contributed by atoms with Crippen molar-refractivity contribution in [3.8, 4) is 0 Å². The van der Waals surface area contributed by atoms with Crippen molar-refractivity contribution in [1.29, 1.82) is 0 Å². The number of halogens is 3. The number of rotatable bonds is 4. The first-order valence-corrected chi connectivity index (χ1v) is 6.20. The second-order valence-corrected chi connectivity index (χ2v) is 5.38. The van der Waals surface area contributed by atoms with Crippen LogP contribution in [0.25, 0.3) is 0 Å². The molecule has 0 spiro atoms. The van der Waals surface area contributed by atoms with E-state index in [-0.39, 0.29) is 19.4 Å². The molecule has 0 aromatic rings. The fourth-order valence-corrected chi connectivity index (χ4v) is 2.84. The zero-order valence-electron chi connectivity index (χ0n) is 10.0. The molecule has 2 atom stereocenters. The monoisotopic (exact) mass is 266 g/mol. The molecule has 18 heavy (non-hydrogen) atoms. The Morgan fingerprint density at radius 2 is 2.00 bits per heavy atom. The predicted molar refractivity (Wildman–Crippen MR) is 60.5 cm³/mol. The number of nitrogens with zero attached hydrogens (tertiary/aromatic N) is 1. The van der Waals surface area contributed by atoms with Crippen LogP contribution in [-0.4, -0.2) is 53.3 Å². The smallest absolute Gasteiger partial charge is 0.426 e. The van der Waals surface area contributed by atoms with Gasteiger partial charge < -0.3 is 20.7 Å². The summed E-state index contributed by atoms with van der Waals surface area (Å²) >= 11 is 0. The van der Waals surface area contributed by atoms with Crippen molar-refractivity contribution in [2.45, 2.75) is 43.8 Å². The predicted octanol–water partition coefficient (Wildman–Crippen LogP) is 0.133. The van der Waals surface area contributed by atoms with E-state index in [1.165, 1.54) is 0 Å². The van der Waals surface area contributed by atoms with Gasteiger partial charge >= 0.3 is 13.3 Å². The van der Waals surface area contributed by atoms with Gasteiger partial charge in [-0.1, -0.05) is 0 Å². The van der Waals surface area contributed by atoms with E-state index in [4.69, 9.17) is 15.8 Å². The van der Waals surface area contributed by atoms with Crippen LogP contribution < -0.4 is 5.73 Å². The van der Waals surface area contributed by atoms with Gasteiger partial charge in [-0.25, -0.2) is 0 Å². The van der Waals surface area contributed by atoms with Gasteiger partial charge in [-0.2, -0.15) is 13.2 Å². The number of nitrogens with two attached hydrogens (primary N) is 1. The third-order valence-corrected chi connectivity index (χ3v) is 4.25. The van der Waals surface area contributed by atoms with Crippen LogP contribution in [0.2, 0.25) is 0 Å². The number of hydrogen-bond acceptors (Lipinski definition) is 4. The van der Waals surface area contributed by atoms with Crippen molar-refractivity contribution < 1.29 is 23.2 Å². The zero-order valence-corrected chi connectivity index (χ0v) is 10.0. The Bertz CT molecular complexity index is 310. The highest BCUT2D eigenvalue weighted by molar-refractivity contribution is 6.43. The molecule has 2 fully saturated rings. The number of likely N-dealkylation sites (tertiary alicyclic amines) is 1. The fourth-order valence-electron chi connectivity index (χ4n) is 2.84. The minimum atomic E-state index is -4.26. The lowest BCUT2D eigenvalue weighted by Crippen LogP contribution is -2.52. The van der Waals surface area contributed by atoms with Gasteiger partial charge in [-0.05, 0) is 32.2 Å². The summed E-state index contributed by atoms with van der Waals surface area (Å²) in [6.07, 6.45) is -2.76. The molecule has 8 heteroatoms. The Hall–Kier alpha value is -0.305. The molecule has 1 heterocycles. The first kappa shape index (κ1) is 14.1. The normalized spacial score (nSPS) is 29.3. The minimum Gasteiger partial charge on any atom is -0.426 e. The SMILES string of the molecule is N[C@H](CN1CCC[C@H]1B(O)O)C1(C(F)(F)F)CC1. The number of hydrogen-bond donors (Lipinski definition) is 3. The topological polar surface area (TPSA) is 69.7 Å². The van der Waals surface area contributed by atoms with Crippen molar-refractivity contribution in [3.63, 3.8) is 0 Å². The van der Waals surface area contributed by atoms with Crippen LogP contribution in [0.3, 0.4) is 0 Å². The van der Waals surface area contributed by atoms with Crippen LogP contribution in [0.1, 0.15) is 25.7 Å². The standard InChI is InChI=1S/C10H18BF3N2O2/c12-10(13,14)9(3-4-9)7(15)6-16-5-1-2-8(16)11(17)18/h7-8,17-18H,1-6,15H2/t7-,8+/m1/s1. The first-order chi connectivity index (χ1) is 8.28. The Labute approximate surface area is 104 Å². The molecule has 2 aliphatic rings. The van der Waals surface area contributed by atoms with Gasteiger partial charge in [-0.3, -0.25) is 0 Å². The van der Waals surface area contributed by atoms with Crippen LogP contribution in [0.5, 0.6) is 0 Å². The van der Waals surface area contributed by atoms with Crippen molar-refractivity contribution in [2.24, 2.45) is 11.1 Å². The maximum Gasteiger partial charge on any atom is 0.469 e. The fraction of sp³-hybridized carbons (Fsp3) is 1.00. The largest absolute Gasteiger partial charge is 0.469 e. The van der Waals surface area contributed by atoms with Gasteiger partial charge in [0.2, 0.25) is 0 Å². The molecule has 0 aromatic carbocycles. The maximum atomic E-state index is 12.9. The van der Waals surface area contributed by atoms with Crippen LogP contribution in [-0.2, 0) is 0 Å². The molecular weight excluding hydrogens is 248 g/mol. The molecule has 4 N–H and O–H groups in total. The van der Waals surface area contributed by atoms with Gasteiger partial charge in [0.1, 0.15) is 0 Å². The van der Waals surface area contributed by atoms with E-state index in [0.717, 1.165) is 6.42 Å². The maximum absolute atomic E-state index is 12.9. The van der Waals surface area contributed by atoms with E-state index in [2.05, 4.69) is 0 Å². The molecule has 1 aliphatic heterocycles. The quantitative estimate of drug-likeness (QED) is 0.633. The molecule has 0 radical (unpaired) electrons. The van der Waals surface area contributed by atoms with Crippen molar-refractivity contribution in [2.75, 3.05) is 13.1 Å². The lowest BCUT2D eigenvalue weighted by atomic mass is 9.77. The molecule has 2 rings (SSSR count). The average Bonchev–Trinajstić information content (AvgIpc) is 2.94. The van der Waals surface area contributed by atoms with E-state index in [9.17, 15) is 13.2 Å². The number of alkyl halides is 3. The van der Waals surface area contributed by atoms with Crippen molar-refractivity contribution >= 4 is 7.12 Å². The molecule has 0 amide bonds.